The molecule has 7 heteroatoms. The first-order valence-electron chi connectivity index (χ1n) is 13.7. The average molecular weight is 549 g/mol. The van der Waals surface area contributed by atoms with Gasteiger partial charge in [-0.15, -0.1) is 0 Å². The topological polar surface area (TPSA) is 56.8 Å². The van der Waals surface area contributed by atoms with Gasteiger partial charge in [-0.3, -0.25) is 14.6 Å². The van der Waals surface area contributed by atoms with Gasteiger partial charge in [-0.05, 0) is 65.6 Å². The van der Waals surface area contributed by atoms with Crippen molar-refractivity contribution < 1.29 is 9.59 Å². The second kappa shape index (κ2) is 9.79. The van der Waals surface area contributed by atoms with E-state index in [4.69, 9.17) is 11.6 Å². The third kappa shape index (κ3) is 4.14. The van der Waals surface area contributed by atoms with Crippen LogP contribution in [0.4, 0.5) is 11.4 Å². The molecule has 2 fully saturated rings. The van der Waals surface area contributed by atoms with Gasteiger partial charge in [-0.2, -0.15) is 0 Å². The Hall–Kier alpha value is -4.16. The summed E-state index contributed by atoms with van der Waals surface area (Å²) in [4.78, 5) is 37.7. The summed E-state index contributed by atoms with van der Waals surface area (Å²) in [6.07, 6.45) is 4.39. The molecule has 4 aromatic rings. The number of amides is 2. The Morgan fingerprint density at radius 1 is 0.900 bits per heavy atom. The number of rotatable bonds is 5. The molecule has 200 valence electrons. The number of piperazine rings is 1. The van der Waals surface area contributed by atoms with E-state index in [2.05, 4.69) is 16.0 Å². The van der Waals surface area contributed by atoms with Crippen LogP contribution in [0.3, 0.4) is 0 Å². The summed E-state index contributed by atoms with van der Waals surface area (Å²) in [5.41, 5.74) is 5.43. The van der Waals surface area contributed by atoms with Gasteiger partial charge in [0.05, 0.1) is 12.0 Å². The van der Waals surface area contributed by atoms with Crippen molar-refractivity contribution in [2.75, 3.05) is 36.0 Å². The molecule has 0 radical (unpaired) electrons. The predicted octanol–water partition coefficient (Wildman–Crippen LogP) is 5.67. The van der Waals surface area contributed by atoms with Crippen LogP contribution in [-0.2, 0) is 16.8 Å². The molecule has 6 nitrogen and oxygen atoms in total. The molecule has 3 aromatic carbocycles. The van der Waals surface area contributed by atoms with Crippen LogP contribution in [0, 0.1) is 0 Å². The van der Waals surface area contributed by atoms with Gasteiger partial charge >= 0.3 is 0 Å². The van der Waals surface area contributed by atoms with E-state index < -0.39 is 5.41 Å². The van der Waals surface area contributed by atoms with Gasteiger partial charge in [0.15, 0.2) is 0 Å². The van der Waals surface area contributed by atoms with Crippen LogP contribution in [0.5, 0.6) is 0 Å². The number of anilines is 2. The van der Waals surface area contributed by atoms with E-state index in [0.29, 0.717) is 30.2 Å². The van der Waals surface area contributed by atoms with Crippen molar-refractivity contribution in [3.63, 3.8) is 0 Å². The number of fused-ring (bicyclic) bond motifs is 2. The summed E-state index contributed by atoms with van der Waals surface area (Å²) in [5.74, 6) is 0.311. The second-order valence-corrected chi connectivity index (χ2v) is 11.3. The second-order valence-electron chi connectivity index (χ2n) is 10.9. The molecule has 0 N–H and O–H groups in total. The fourth-order valence-corrected chi connectivity index (χ4v) is 6.62. The summed E-state index contributed by atoms with van der Waals surface area (Å²) < 4.78 is 0. The molecule has 2 atom stereocenters. The molecule has 40 heavy (non-hydrogen) atoms. The fourth-order valence-electron chi connectivity index (χ4n) is 6.49. The van der Waals surface area contributed by atoms with Crippen molar-refractivity contribution in [1.29, 1.82) is 0 Å². The van der Waals surface area contributed by atoms with E-state index >= 15 is 0 Å². The monoisotopic (exact) mass is 548 g/mol. The zero-order chi connectivity index (χ0) is 27.3. The van der Waals surface area contributed by atoms with E-state index in [1.165, 1.54) is 0 Å². The molecule has 0 unspecified atom stereocenters. The highest BCUT2D eigenvalue weighted by atomic mass is 35.5. The predicted molar refractivity (Wildman–Crippen MR) is 157 cm³/mol. The molecule has 7 rings (SSSR count). The molecule has 2 amide bonds. The van der Waals surface area contributed by atoms with Crippen LogP contribution in [0.25, 0.3) is 0 Å². The largest absolute Gasteiger partial charge is 0.368 e. The number of para-hydroxylation sites is 1. The quantitative estimate of drug-likeness (QED) is 0.322. The van der Waals surface area contributed by atoms with Crippen molar-refractivity contribution in [2.45, 2.75) is 24.3 Å². The lowest BCUT2D eigenvalue weighted by atomic mass is 9.92. The molecule has 1 spiro atoms. The molecular formula is C33H29ClN4O2. The lowest BCUT2D eigenvalue weighted by Crippen LogP contribution is -2.48. The molecule has 1 saturated heterocycles. The number of hydrogen-bond donors (Lipinski definition) is 0. The molecule has 3 aliphatic rings. The molecule has 1 aromatic heterocycles. The Morgan fingerprint density at radius 3 is 2.42 bits per heavy atom. The summed E-state index contributed by atoms with van der Waals surface area (Å²) >= 11 is 6.12. The van der Waals surface area contributed by atoms with Crippen molar-refractivity contribution in [3.05, 3.63) is 125 Å². The highest BCUT2D eigenvalue weighted by Crippen LogP contribution is 2.66. The van der Waals surface area contributed by atoms with Gasteiger partial charge in [0.25, 0.3) is 5.91 Å². The number of hydrogen-bond acceptors (Lipinski definition) is 4. The van der Waals surface area contributed by atoms with Crippen LogP contribution in [0.2, 0.25) is 5.02 Å². The van der Waals surface area contributed by atoms with Crippen LogP contribution in [-0.4, -0.2) is 47.9 Å². The van der Waals surface area contributed by atoms with Crippen LogP contribution >= 0.6 is 11.6 Å². The van der Waals surface area contributed by atoms with Crippen LogP contribution in [0.15, 0.2) is 97.3 Å². The first-order valence-corrected chi connectivity index (χ1v) is 14.1. The van der Waals surface area contributed by atoms with E-state index in [1.807, 2.05) is 88.7 Å². The molecule has 0 bridgehead atoms. The number of nitrogens with zero attached hydrogens (tertiary/aromatic N) is 4. The van der Waals surface area contributed by atoms with Crippen molar-refractivity contribution in [2.24, 2.45) is 0 Å². The Bertz CT molecular complexity index is 1580. The number of benzene rings is 3. The van der Waals surface area contributed by atoms with E-state index in [9.17, 15) is 9.59 Å². The number of carbonyl (C=O) groups is 2. The summed E-state index contributed by atoms with van der Waals surface area (Å²) in [6, 6.07) is 27.7. The standard InChI is InChI=1S/C33H29ClN4O2/c34-26-10-8-24(9-11-26)29-21-33(29)28-6-1-2-7-30(28)38(32(33)40)22-23-4-3-5-25(20-23)31(39)37-18-16-36(17-19-37)27-12-14-35-15-13-27/h1-15,20,29H,16-19,21-22H2/t29-,33-/m1/s1. The SMILES string of the molecule is O=C(c1cccc(CN2C(=O)[C@]3(C[C@@H]3c3ccc(Cl)cc3)c3ccccc32)c1)N1CCN(c2ccncc2)CC1. The summed E-state index contributed by atoms with van der Waals surface area (Å²) in [5, 5.41) is 0.697. The highest BCUT2D eigenvalue weighted by Gasteiger charge is 2.67. The Labute approximate surface area is 238 Å². The fraction of sp³-hybridized carbons (Fsp3) is 0.242. The van der Waals surface area contributed by atoms with Gasteiger partial charge in [0, 0.05) is 66.5 Å². The maximum atomic E-state index is 14.0. The van der Waals surface area contributed by atoms with Gasteiger partial charge in [0.2, 0.25) is 5.91 Å². The highest BCUT2D eigenvalue weighted by molar-refractivity contribution is 6.30. The Kier molecular flexibility index (Phi) is 6.08. The van der Waals surface area contributed by atoms with Crippen molar-refractivity contribution in [1.82, 2.24) is 9.88 Å². The van der Waals surface area contributed by atoms with E-state index in [-0.39, 0.29) is 17.7 Å². The van der Waals surface area contributed by atoms with Crippen LogP contribution < -0.4 is 9.80 Å². The minimum Gasteiger partial charge on any atom is -0.368 e. The first kappa shape index (κ1) is 24.9. The lowest BCUT2D eigenvalue weighted by molar-refractivity contribution is -0.120. The maximum Gasteiger partial charge on any atom is 0.253 e. The van der Waals surface area contributed by atoms with Gasteiger partial charge in [-0.25, -0.2) is 0 Å². The van der Waals surface area contributed by atoms with E-state index in [1.54, 1.807) is 12.4 Å². The lowest BCUT2D eigenvalue weighted by Gasteiger charge is -2.36. The minimum atomic E-state index is -0.521. The zero-order valence-corrected chi connectivity index (χ0v) is 22.8. The van der Waals surface area contributed by atoms with E-state index in [0.717, 1.165) is 47.6 Å². The van der Waals surface area contributed by atoms with Gasteiger partial charge in [0.1, 0.15) is 0 Å². The van der Waals surface area contributed by atoms with Crippen molar-refractivity contribution >= 4 is 34.8 Å². The summed E-state index contributed by atoms with van der Waals surface area (Å²) in [7, 11) is 0. The van der Waals surface area contributed by atoms with Crippen molar-refractivity contribution in [3.8, 4) is 0 Å². The zero-order valence-electron chi connectivity index (χ0n) is 22.0. The number of pyridine rings is 1. The maximum absolute atomic E-state index is 14.0. The normalized spacial score (nSPS) is 21.6. The average Bonchev–Trinajstić information content (AvgIpc) is 3.72. The minimum absolute atomic E-state index is 0.0332. The molecule has 3 heterocycles. The molecular weight excluding hydrogens is 520 g/mol. The van der Waals surface area contributed by atoms with Gasteiger partial charge in [-0.1, -0.05) is 54.1 Å². The van der Waals surface area contributed by atoms with Gasteiger partial charge < -0.3 is 14.7 Å². The summed E-state index contributed by atoms with van der Waals surface area (Å²) in [6.45, 7) is 3.33. The molecule has 1 aliphatic carbocycles. The molecule has 1 saturated carbocycles. The smallest absolute Gasteiger partial charge is 0.253 e. The number of carbonyl (C=O) groups excluding carboxylic acids is 2. The molecule has 2 aliphatic heterocycles. The van der Waals surface area contributed by atoms with Crippen LogP contribution in [0.1, 0.15) is 39.4 Å². The first-order chi connectivity index (χ1) is 19.5. The Balaban J connectivity index is 1.08. The Morgan fingerprint density at radius 2 is 1.65 bits per heavy atom. The third-order valence-electron chi connectivity index (χ3n) is 8.64. The number of halogens is 1. The number of aromatic nitrogens is 1. The third-order valence-corrected chi connectivity index (χ3v) is 8.90.